The molecule has 4 unspecified atom stereocenters. The zero-order valence-corrected chi connectivity index (χ0v) is 20.0. The van der Waals surface area contributed by atoms with Gasteiger partial charge in [0, 0.05) is 36.6 Å². The SMILES string of the molecule is COc1ccccc1C1(O)CC(CC#N)CC2CN(C(=O)Cc3c(OC)cccc3OC)CC21. The van der Waals surface area contributed by atoms with Crippen LogP contribution in [0.1, 0.15) is 30.4 Å². The van der Waals surface area contributed by atoms with E-state index in [0.717, 1.165) is 17.5 Å². The van der Waals surface area contributed by atoms with Crippen molar-refractivity contribution in [3.8, 4) is 23.3 Å². The number of hydrogen-bond donors (Lipinski definition) is 1. The number of benzene rings is 2. The van der Waals surface area contributed by atoms with E-state index in [1.54, 1.807) is 21.3 Å². The fraction of sp³-hybridized carbons (Fsp3) is 0.481. The molecule has 1 aliphatic carbocycles. The van der Waals surface area contributed by atoms with Gasteiger partial charge >= 0.3 is 0 Å². The molecule has 2 aromatic rings. The molecular formula is C27H32N2O5. The van der Waals surface area contributed by atoms with Crippen molar-refractivity contribution in [3.63, 3.8) is 0 Å². The molecule has 1 heterocycles. The van der Waals surface area contributed by atoms with Gasteiger partial charge in [-0.2, -0.15) is 5.26 Å². The summed E-state index contributed by atoms with van der Waals surface area (Å²) >= 11 is 0. The Bertz CT molecular complexity index is 1060. The predicted molar refractivity (Wildman–Crippen MR) is 127 cm³/mol. The highest BCUT2D eigenvalue weighted by molar-refractivity contribution is 5.81. The van der Waals surface area contributed by atoms with E-state index in [1.807, 2.05) is 47.4 Å². The van der Waals surface area contributed by atoms with Gasteiger partial charge in [0.2, 0.25) is 5.91 Å². The van der Waals surface area contributed by atoms with Crippen LogP contribution in [0.5, 0.6) is 17.2 Å². The smallest absolute Gasteiger partial charge is 0.227 e. The molecule has 0 radical (unpaired) electrons. The number of carbonyl (C=O) groups excluding carboxylic acids is 1. The number of nitrogens with zero attached hydrogens (tertiary/aromatic N) is 2. The molecule has 7 heteroatoms. The molecule has 1 saturated carbocycles. The summed E-state index contributed by atoms with van der Waals surface area (Å²) in [5, 5.41) is 21.5. The lowest BCUT2D eigenvalue weighted by Crippen LogP contribution is -2.46. The quantitative estimate of drug-likeness (QED) is 0.674. The second kappa shape index (κ2) is 9.94. The van der Waals surface area contributed by atoms with Gasteiger partial charge in [0.05, 0.1) is 39.4 Å². The van der Waals surface area contributed by atoms with Crippen LogP contribution in [0, 0.1) is 29.1 Å². The lowest BCUT2D eigenvalue weighted by molar-refractivity contribution is -0.130. The Kier molecular flexibility index (Phi) is 6.99. The lowest BCUT2D eigenvalue weighted by atomic mass is 9.63. The van der Waals surface area contributed by atoms with Crippen LogP contribution in [-0.2, 0) is 16.8 Å². The minimum Gasteiger partial charge on any atom is -0.496 e. The van der Waals surface area contributed by atoms with Crippen LogP contribution in [0.25, 0.3) is 0 Å². The number of para-hydroxylation sites is 1. The summed E-state index contributed by atoms with van der Waals surface area (Å²) < 4.78 is 16.5. The summed E-state index contributed by atoms with van der Waals surface area (Å²) in [7, 11) is 4.76. The molecule has 0 bridgehead atoms. The topological polar surface area (TPSA) is 92.0 Å². The Labute approximate surface area is 200 Å². The summed E-state index contributed by atoms with van der Waals surface area (Å²) in [6.07, 6.45) is 1.83. The van der Waals surface area contributed by atoms with Gasteiger partial charge in [-0.1, -0.05) is 24.3 Å². The number of amides is 1. The van der Waals surface area contributed by atoms with Crippen molar-refractivity contribution < 1.29 is 24.1 Å². The highest BCUT2D eigenvalue weighted by Crippen LogP contribution is 2.52. The molecule has 2 fully saturated rings. The molecule has 180 valence electrons. The molecule has 1 aliphatic heterocycles. The Hall–Kier alpha value is -3.24. The van der Waals surface area contributed by atoms with Gasteiger partial charge < -0.3 is 24.2 Å². The van der Waals surface area contributed by atoms with Crippen LogP contribution in [0.3, 0.4) is 0 Å². The monoisotopic (exact) mass is 464 g/mol. The maximum absolute atomic E-state index is 13.4. The summed E-state index contributed by atoms with van der Waals surface area (Å²) in [5.74, 6) is 1.85. The number of methoxy groups -OCH3 is 3. The second-order valence-electron chi connectivity index (χ2n) is 9.28. The van der Waals surface area contributed by atoms with E-state index in [4.69, 9.17) is 14.2 Å². The number of fused-ring (bicyclic) bond motifs is 1. The summed E-state index contributed by atoms with van der Waals surface area (Å²) in [6, 6.07) is 15.3. The number of hydrogen-bond acceptors (Lipinski definition) is 6. The van der Waals surface area contributed by atoms with E-state index >= 15 is 0 Å². The zero-order valence-electron chi connectivity index (χ0n) is 20.0. The zero-order chi connectivity index (χ0) is 24.3. The summed E-state index contributed by atoms with van der Waals surface area (Å²) in [4.78, 5) is 15.3. The lowest BCUT2D eigenvalue weighted by Gasteiger charge is -2.45. The number of rotatable bonds is 7. The van der Waals surface area contributed by atoms with E-state index in [0.29, 0.717) is 43.2 Å². The number of nitriles is 1. The Morgan fingerprint density at radius 1 is 1.06 bits per heavy atom. The molecule has 0 aromatic heterocycles. The molecule has 0 spiro atoms. The van der Waals surface area contributed by atoms with Crippen LogP contribution in [0.15, 0.2) is 42.5 Å². The van der Waals surface area contributed by atoms with Crippen LogP contribution in [0.4, 0.5) is 0 Å². The first-order chi connectivity index (χ1) is 16.4. The number of aliphatic hydroxyl groups is 1. The van der Waals surface area contributed by atoms with E-state index in [2.05, 4.69) is 6.07 Å². The Morgan fingerprint density at radius 3 is 2.35 bits per heavy atom. The highest BCUT2D eigenvalue weighted by atomic mass is 16.5. The van der Waals surface area contributed by atoms with Crippen molar-refractivity contribution in [1.82, 2.24) is 4.90 Å². The Morgan fingerprint density at radius 2 is 1.71 bits per heavy atom. The minimum atomic E-state index is -1.17. The first-order valence-electron chi connectivity index (χ1n) is 11.7. The van der Waals surface area contributed by atoms with Crippen LogP contribution >= 0.6 is 0 Å². The van der Waals surface area contributed by atoms with Crippen molar-refractivity contribution >= 4 is 5.91 Å². The van der Waals surface area contributed by atoms with Crippen molar-refractivity contribution in [2.75, 3.05) is 34.4 Å². The van der Waals surface area contributed by atoms with Crippen LogP contribution in [0.2, 0.25) is 0 Å². The number of likely N-dealkylation sites (tertiary alicyclic amines) is 1. The molecule has 1 saturated heterocycles. The fourth-order valence-corrected chi connectivity index (χ4v) is 5.92. The van der Waals surface area contributed by atoms with Gasteiger partial charge in [0.25, 0.3) is 0 Å². The third-order valence-electron chi connectivity index (χ3n) is 7.45. The summed E-state index contributed by atoms with van der Waals surface area (Å²) in [5.41, 5.74) is 0.277. The van der Waals surface area contributed by atoms with Gasteiger partial charge in [-0.05, 0) is 42.9 Å². The van der Waals surface area contributed by atoms with E-state index in [9.17, 15) is 15.2 Å². The minimum absolute atomic E-state index is 0.0311. The van der Waals surface area contributed by atoms with Crippen LogP contribution < -0.4 is 14.2 Å². The van der Waals surface area contributed by atoms with Crippen LogP contribution in [-0.4, -0.2) is 50.3 Å². The van der Waals surface area contributed by atoms with Crippen molar-refractivity contribution in [1.29, 1.82) is 5.26 Å². The molecule has 2 aliphatic rings. The first kappa shape index (κ1) is 23.9. The molecule has 34 heavy (non-hydrogen) atoms. The molecule has 1 amide bonds. The van der Waals surface area contributed by atoms with E-state index < -0.39 is 5.60 Å². The highest BCUT2D eigenvalue weighted by Gasteiger charge is 2.54. The second-order valence-corrected chi connectivity index (χ2v) is 9.28. The van der Waals surface area contributed by atoms with Gasteiger partial charge in [-0.15, -0.1) is 0 Å². The molecule has 4 atom stereocenters. The standard InChI is InChI=1S/C27H32N2O5/c1-32-23-9-6-10-24(33-2)20(23)14-26(30)29-16-19-13-18(11-12-28)15-27(31,22(19)17-29)21-7-4-5-8-25(21)34-3/h4-10,18-19,22,31H,11,13-17H2,1-3H3. The molecule has 4 rings (SSSR count). The van der Waals surface area contributed by atoms with E-state index in [-0.39, 0.29) is 30.1 Å². The summed E-state index contributed by atoms with van der Waals surface area (Å²) in [6.45, 7) is 1.01. The van der Waals surface area contributed by atoms with Gasteiger partial charge in [-0.25, -0.2) is 0 Å². The third kappa shape index (κ3) is 4.30. The normalized spacial score (nSPS) is 25.9. The number of carbonyl (C=O) groups is 1. The predicted octanol–water partition coefficient (Wildman–Crippen LogP) is 3.54. The molecule has 1 N–H and O–H groups in total. The maximum Gasteiger partial charge on any atom is 0.227 e. The average Bonchev–Trinajstić information content (AvgIpc) is 3.29. The van der Waals surface area contributed by atoms with Gasteiger partial charge in [0.1, 0.15) is 17.2 Å². The van der Waals surface area contributed by atoms with E-state index in [1.165, 1.54) is 0 Å². The van der Waals surface area contributed by atoms with Crippen molar-refractivity contribution in [2.45, 2.75) is 31.3 Å². The number of ether oxygens (including phenoxy) is 3. The molecular weight excluding hydrogens is 432 g/mol. The first-order valence-corrected chi connectivity index (χ1v) is 11.7. The third-order valence-corrected chi connectivity index (χ3v) is 7.45. The van der Waals surface area contributed by atoms with Crippen molar-refractivity contribution in [2.24, 2.45) is 17.8 Å². The molecule has 2 aromatic carbocycles. The van der Waals surface area contributed by atoms with Gasteiger partial charge in [-0.3, -0.25) is 4.79 Å². The largest absolute Gasteiger partial charge is 0.496 e. The maximum atomic E-state index is 13.4. The fourth-order valence-electron chi connectivity index (χ4n) is 5.92. The average molecular weight is 465 g/mol. The van der Waals surface area contributed by atoms with Crippen molar-refractivity contribution in [3.05, 3.63) is 53.6 Å². The van der Waals surface area contributed by atoms with Gasteiger partial charge in [0.15, 0.2) is 0 Å². The Balaban J connectivity index is 1.63. The molecule has 7 nitrogen and oxygen atoms in total.